The molecule has 0 aliphatic carbocycles. The molecule has 1 aliphatic rings. The smallest absolute Gasteiger partial charge is 0.265 e. The molecule has 2 rings (SSSR count). The highest BCUT2D eigenvalue weighted by Gasteiger charge is 2.23. The largest absolute Gasteiger partial charge is 0.479 e. The Hall–Kier alpha value is -1.88. The molecular weight excluding hydrogens is 244 g/mol. The van der Waals surface area contributed by atoms with Gasteiger partial charge in [0.25, 0.3) is 5.91 Å². The van der Waals surface area contributed by atoms with E-state index >= 15 is 0 Å². The van der Waals surface area contributed by atoms with Crippen LogP contribution in [0.5, 0.6) is 5.75 Å². The van der Waals surface area contributed by atoms with Gasteiger partial charge in [-0.25, -0.2) is 0 Å². The maximum Gasteiger partial charge on any atom is 0.265 e. The highest BCUT2D eigenvalue weighted by atomic mass is 16.5. The fourth-order valence-electron chi connectivity index (χ4n) is 1.91. The second kappa shape index (κ2) is 5.84. The van der Waals surface area contributed by atoms with Gasteiger partial charge in [0.2, 0.25) is 0 Å². The number of Topliss-reactive ketones (excluding diaryl/α,β-unsaturated/α-hetero) is 1. The van der Waals surface area contributed by atoms with Gasteiger partial charge in [0.15, 0.2) is 6.10 Å². The summed E-state index contributed by atoms with van der Waals surface area (Å²) in [7, 11) is 0. The van der Waals surface area contributed by atoms with Gasteiger partial charge in [-0.2, -0.15) is 0 Å². The molecule has 19 heavy (non-hydrogen) atoms. The van der Waals surface area contributed by atoms with E-state index in [-0.39, 0.29) is 11.7 Å². The Morgan fingerprint density at radius 3 is 3.00 bits per heavy atom. The average Bonchev–Trinajstić information content (AvgIpc) is 2.36. The van der Waals surface area contributed by atoms with Crippen molar-refractivity contribution in [1.29, 1.82) is 0 Å². The average molecular weight is 262 g/mol. The van der Waals surface area contributed by atoms with Crippen molar-refractivity contribution >= 4 is 17.4 Å². The number of carbonyl (C=O) groups excluding carboxylic acids is 2. The number of carbonyl (C=O) groups is 2. The van der Waals surface area contributed by atoms with Crippen LogP contribution in [-0.4, -0.2) is 30.9 Å². The summed E-state index contributed by atoms with van der Waals surface area (Å²) in [5.74, 6) is 0.701. The van der Waals surface area contributed by atoms with E-state index in [9.17, 15) is 9.59 Å². The number of nitrogens with one attached hydrogen (secondary N) is 2. The maximum absolute atomic E-state index is 11.5. The summed E-state index contributed by atoms with van der Waals surface area (Å²) in [6.07, 6.45) is 0.349. The molecule has 0 aromatic heterocycles. The number of hydrogen-bond acceptors (Lipinski definition) is 4. The summed E-state index contributed by atoms with van der Waals surface area (Å²) in [5, 5.41) is 5.88. The van der Waals surface area contributed by atoms with Crippen LogP contribution < -0.4 is 15.4 Å². The monoisotopic (exact) mass is 262 g/mol. The quantitative estimate of drug-likeness (QED) is 0.781. The molecule has 2 N–H and O–H groups in total. The van der Waals surface area contributed by atoms with Gasteiger partial charge in [0.05, 0.1) is 12.2 Å². The number of ether oxygens (including phenoxy) is 1. The number of anilines is 1. The van der Waals surface area contributed by atoms with Crippen LogP contribution in [0.15, 0.2) is 18.2 Å². The third-order valence-electron chi connectivity index (χ3n) is 2.94. The number of ketones is 1. The van der Waals surface area contributed by atoms with Gasteiger partial charge in [0, 0.05) is 0 Å². The molecule has 0 saturated carbocycles. The van der Waals surface area contributed by atoms with E-state index in [1.54, 1.807) is 13.8 Å². The van der Waals surface area contributed by atoms with Crippen LogP contribution in [0.25, 0.3) is 0 Å². The van der Waals surface area contributed by atoms with Crippen LogP contribution in [0.4, 0.5) is 5.69 Å². The van der Waals surface area contributed by atoms with E-state index in [1.165, 1.54) is 0 Å². The predicted octanol–water partition coefficient (Wildman–Crippen LogP) is 1.13. The van der Waals surface area contributed by atoms with Gasteiger partial charge in [-0.1, -0.05) is 6.07 Å². The van der Waals surface area contributed by atoms with Gasteiger partial charge < -0.3 is 15.4 Å². The minimum absolute atomic E-state index is 0.125. The van der Waals surface area contributed by atoms with Crippen molar-refractivity contribution in [1.82, 2.24) is 5.32 Å². The molecule has 1 amide bonds. The van der Waals surface area contributed by atoms with Crippen LogP contribution >= 0.6 is 0 Å². The number of rotatable bonds is 5. The molecule has 1 unspecified atom stereocenters. The normalized spacial score (nSPS) is 17.4. The zero-order chi connectivity index (χ0) is 13.8. The second-order valence-corrected chi connectivity index (χ2v) is 4.71. The molecule has 102 valence electrons. The lowest BCUT2D eigenvalue weighted by molar-refractivity contribution is -0.122. The van der Waals surface area contributed by atoms with Crippen LogP contribution in [0.2, 0.25) is 0 Å². The Morgan fingerprint density at radius 2 is 2.26 bits per heavy atom. The molecule has 1 aromatic rings. The number of amides is 1. The Labute approximate surface area is 112 Å². The molecule has 5 nitrogen and oxygen atoms in total. The van der Waals surface area contributed by atoms with Crippen molar-refractivity contribution in [2.24, 2.45) is 0 Å². The van der Waals surface area contributed by atoms with Crippen molar-refractivity contribution in [3.05, 3.63) is 23.8 Å². The Bertz CT molecular complexity index is 499. The van der Waals surface area contributed by atoms with Crippen LogP contribution in [0.1, 0.15) is 19.4 Å². The van der Waals surface area contributed by atoms with Gasteiger partial charge in [-0.3, -0.25) is 9.59 Å². The lowest BCUT2D eigenvalue weighted by atomic mass is 10.1. The number of hydrogen-bond donors (Lipinski definition) is 2. The molecule has 1 atom stereocenters. The maximum atomic E-state index is 11.5. The fraction of sp³-hybridized carbons (Fsp3) is 0.429. The van der Waals surface area contributed by atoms with E-state index < -0.39 is 6.10 Å². The number of benzene rings is 1. The van der Waals surface area contributed by atoms with E-state index in [0.717, 1.165) is 18.5 Å². The molecule has 0 radical (unpaired) electrons. The van der Waals surface area contributed by atoms with Crippen LogP contribution in [0.3, 0.4) is 0 Å². The molecule has 0 spiro atoms. The third kappa shape index (κ3) is 3.54. The van der Waals surface area contributed by atoms with Crippen LogP contribution in [-0.2, 0) is 16.0 Å². The van der Waals surface area contributed by atoms with Crippen LogP contribution in [0, 0.1) is 0 Å². The zero-order valence-corrected chi connectivity index (χ0v) is 11.2. The fourth-order valence-corrected chi connectivity index (χ4v) is 1.91. The minimum Gasteiger partial charge on any atom is -0.479 e. The molecule has 0 fully saturated rings. The standard InChI is InChI=1S/C14H18N2O3/c1-9(17)8-15-6-5-11-3-4-13-12(7-11)16-14(18)10(2)19-13/h3-4,7,10,15H,5-6,8H2,1-2H3,(H,16,18). The van der Waals surface area contributed by atoms with Gasteiger partial charge >= 0.3 is 0 Å². The Balaban J connectivity index is 1.95. The lowest BCUT2D eigenvalue weighted by Crippen LogP contribution is -2.34. The summed E-state index contributed by atoms with van der Waals surface area (Å²) >= 11 is 0. The Morgan fingerprint density at radius 1 is 1.47 bits per heavy atom. The summed E-state index contributed by atoms with van der Waals surface area (Å²) in [6.45, 7) is 4.39. The van der Waals surface area contributed by atoms with Gasteiger partial charge in [-0.15, -0.1) is 0 Å². The highest BCUT2D eigenvalue weighted by molar-refractivity contribution is 5.97. The highest BCUT2D eigenvalue weighted by Crippen LogP contribution is 2.30. The van der Waals surface area contributed by atoms with E-state index in [2.05, 4.69) is 10.6 Å². The van der Waals surface area contributed by atoms with Gasteiger partial charge in [0.1, 0.15) is 11.5 Å². The lowest BCUT2D eigenvalue weighted by Gasteiger charge is -2.23. The first-order chi connectivity index (χ1) is 9.06. The van der Waals surface area contributed by atoms with E-state index in [0.29, 0.717) is 18.0 Å². The van der Waals surface area contributed by atoms with E-state index in [4.69, 9.17) is 4.74 Å². The summed E-state index contributed by atoms with van der Waals surface area (Å²) in [6, 6.07) is 5.75. The zero-order valence-electron chi connectivity index (χ0n) is 11.2. The molecule has 1 heterocycles. The summed E-state index contributed by atoms with van der Waals surface area (Å²) in [4.78, 5) is 22.3. The molecular formula is C14H18N2O3. The first-order valence-corrected chi connectivity index (χ1v) is 6.37. The molecule has 1 aliphatic heterocycles. The minimum atomic E-state index is -0.449. The predicted molar refractivity (Wildman–Crippen MR) is 72.4 cm³/mol. The van der Waals surface area contributed by atoms with Gasteiger partial charge in [-0.05, 0) is 44.5 Å². The SMILES string of the molecule is CC(=O)CNCCc1ccc2c(c1)NC(=O)C(C)O2. The Kier molecular flexibility index (Phi) is 4.16. The van der Waals surface area contributed by atoms with Crippen molar-refractivity contribution in [3.63, 3.8) is 0 Å². The summed E-state index contributed by atoms with van der Waals surface area (Å²) < 4.78 is 5.48. The third-order valence-corrected chi connectivity index (χ3v) is 2.94. The van der Waals surface area contributed by atoms with Crippen molar-refractivity contribution in [2.75, 3.05) is 18.4 Å². The van der Waals surface area contributed by atoms with Crippen molar-refractivity contribution in [2.45, 2.75) is 26.4 Å². The molecule has 5 heteroatoms. The topological polar surface area (TPSA) is 67.4 Å². The van der Waals surface area contributed by atoms with Crippen molar-refractivity contribution in [3.8, 4) is 5.75 Å². The first kappa shape index (κ1) is 13.5. The summed E-state index contributed by atoms with van der Waals surface area (Å²) in [5.41, 5.74) is 1.81. The number of fused-ring (bicyclic) bond motifs is 1. The molecule has 0 saturated heterocycles. The molecule has 0 bridgehead atoms. The molecule has 1 aromatic carbocycles. The van der Waals surface area contributed by atoms with E-state index in [1.807, 2.05) is 18.2 Å². The second-order valence-electron chi connectivity index (χ2n) is 4.71. The first-order valence-electron chi connectivity index (χ1n) is 6.37. The van der Waals surface area contributed by atoms with Crippen molar-refractivity contribution < 1.29 is 14.3 Å².